The number of hydrogen-bond donors (Lipinski definition) is 4. The molecule has 0 saturated carbocycles. The fourth-order valence-corrected chi connectivity index (χ4v) is 1.89. The second-order valence-corrected chi connectivity index (χ2v) is 4.54. The average molecular weight is 245 g/mol. The van der Waals surface area contributed by atoms with Crippen molar-refractivity contribution < 1.29 is 15.0 Å². The highest BCUT2D eigenvalue weighted by atomic mass is 16.3. The Morgan fingerprint density at radius 2 is 1.53 bits per heavy atom. The predicted octanol–water partition coefficient (Wildman–Crippen LogP) is -0.747. The zero-order valence-corrected chi connectivity index (χ0v) is 10.1. The number of aliphatic hydroxyl groups excluding tert-OH is 2. The SMILES string of the molecule is NC(=O)N1CCC(O)CC1.OC1CCNCC1. The summed E-state index contributed by atoms with van der Waals surface area (Å²) < 4.78 is 0. The Bertz CT molecular complexity index is 224. The number of aliphatic hydroxyl groups is 2. The van der Waals surface area contributed by atoms with Gasteiger partial charge in [0.1, 0.15) is 0 Å². The van der Waals surface area contributed by atoms with Crippen molar-refractivity contribution in [3.8, 4) is 0 Å². The maximum atomic E-state index is 10.5. The lowest BCUT2D eigenvalue weighted by Crippen LogP contribution is -2.42. The zero-order chi connectivity index (χ0) is 12.7. The lowest BCUT2D eigenvalue weighted by Gasteiger charge is -2.27. The highest BCUT2D eigenvalue weighted by Crippen LogP contribution is 2.08. The second-order valence-electron chi connectivity index (χ2n) is 4.54. The molecule has 17 heavy (non-hydrogen) atoms. The number of primary amides is 1. The first-order valence-electron chi connectivity index (χ1n) is 6.21. The molecule has 2 heterocycles. The number of urea groups is 1. The summed E-state index contributed by atoms with van der Waals surface area (Å²) >= 11 is 0. The van der Waals surface area contributed by atoms with E-state index in [0.29, 0.717) is 25.9 Å². The summed E-state index contributed by atoms with van der Waals surface area (Å²) in [4.78, 5) is 12.1. The standard InChI is InChI=1S/C6H12N2O2.C5H11NO/c7-6(10)8-3-1-5(9)2-4-8;7-5-1-3-6-4-2-5/h5,9H,1-4H2,(H2,7,10);5-7H,1-4H2. The quantitative estimate of drug-likeness (QED) is 0.451. The van der Waals surface area contributed by atoms with Crippen LogP contribution in [0.1, 0.15) is 25.7 Å². The van der Waals surface area contributed by atoms with E-state index >= 15 is 0 Å². The number of hydrogen-bond acceptors (Lipinski definition) is 4. The lowest BCUT2D eigenvalue weighted by molar-refractivity contribution is 0.0961. The predicted molar refractivity (Wildman–Crippen MR) is 64.5 cm³/mol. The second kappa shape index (κ2) is 7.47. The van der Waals surface area contributed by atoms with Crippen LogP contribution in [0.2, 0.25) is 0 Å². The van der Waals surface area contributed by atoms with E-state index in [9.17, 15) is 4.79 Å². The smallest absolute Gasteiger partial charge is 0.314 e. The molecule has 100 valence electrons. The van der Waals surface area contributed by atoms with Crippen molar-refractivity contribution in [3.05, 3.63) is 0 Å². The summed E-state index contributed by atoms with van der Waals surface area (Å²) in [5, 5.41) is 21.1. The van der Waals surface area contributed by atoms with Gasteiger partial charge in [0.15, 0.2) is 0 Å². The molecule has 2 rings (SSSR count). The highest BCUT2D eigenvalue weighted by molar-refractivity contribution is 5.72. The van der Waals surface area contributed by atoms with Crippen molar-refractivity contribution in [2.45, 2.75) is 37.9 Å². The lowest BCUT2D eigenvalue weighted by atomic mass is 10.1. The van der Waals surface area contributed by atoms with Gasteiger partial charge in [-0.05, 0) is 38.8 Å². The van der Waals surface area contributed by atoms with Crippen LogP contribution < -0.4 is 11.1 Å². The van der Waals surface area contributed by atoms with E-state index in [1.165, 1.54) is 0 Å². The van der Waals surface area contributed by atoms with Gasteiger partial charge in [-0.25, -0.2) is 4.79 Å². The molecule has 6 heteroatoms. The first kappa shape index (κ1) is 14.2. The minimum atomic E-state index is -0.382. The van der Waals surface area contributed by atoms with E-state index in [1.54, 1.807) is 4.90 Å². The summed E-state index contributed by atoms with van der Waals surface area (Å²) in [6, 6.07) is -0.382. The van der Waals surface area contributed by atoms with Crippen LogP contribution >= 0.6 is 0 Å². The van der Waals surface area contributed by atoms with Gasteiger partial charge in [0.05, 0.1) is 12.2 Å². The molecule has 2 aliphatic rings. The first-order chi connectivity index (χ1) is 8.09. The fourth-order valence-electron chi connectivity index (χ4n) is 1.89. The molecule has 6 nitrogen and oxygen atoms in total. The Hall–Kier alpha value is -0.850. The third kappa shape index (κ3) is 5.86. The molecule has 0 unspecified atom stereocenters. The fraction of sp³-hybridized carbons (Fsp3) is 0.909. The number of carbonyl (C=O) groups excluding carboxylic acids is 1. The molecular weight excluding hydrogens is 222 g/mol. The molecule has 0 radical (unpaired) electrons. The molecular formula is C11H23N3O3. The molecule has 2 fully saturated rings. The van der Waals surface area contributed by atoms with Gasteiger partial charge in [-0.15, -0.1) is 0 Å². The molecule has 5 N–H and O–H groups in total. The van der Waals surface area contributed by atoms with E-state index in [4.69, 9.17) is 15.9 Å². The van der Waals surface area contributed by atoms with Crippen LogP contribution in [-0.4, -0.2) is 59.5 Å². The van der Waals surface area contributed by atoms with Gasteiger partial charge in [0.2, 0.25) is 0 Å². The molecule has 0 aromatic carbocycles. The first-order valence-corrected chi connectivity index (χ1v) is 6.21. The summed E-state index contributed by atoms with van der Waals surface area (Å²) in [6.45, 7) is 3.16. The Balaban J connectivity index is 0.000000181. The van der Waals surface area contributed by atoms with E-state index in [2.05, 4.69) is 5.32 Å². The molecule has 2 amide bonds. The summed E-state index contributed by atoms with van der Waals surface area (Å²) in [6.07, 6.45) is 2.91. The molecule has 0 spiro atoms. The monoisotopic (exact) mass is 245 g/mol. The Morgan fingerprint density at radius 1 is 1.06 bits per heavy atom. The molecule has 0 aromatic heterocycles. The van der Waals surface area contributed by atoms with Crippen molar-refractivity contribution in [1.29, 1.82) is 0 Å². The van der Waals surface area contributed by atoms with Crippen molar-refractivity contribution >= 4 is 6.03 Å². The van der Waals surface area contributed by atoms with Gasteiger partial charge in [-0.1, -0.05) is 0 Å². The minimum absolute atomic E-state index is 0.0266. The van der Waals surface area contributed by atoms with E-state index in [1.807, 2.05) is 0 Å². The molecule has 2 saturated heterocycles. The van der Waals surface area contributed by atoms with E-state index in [0.717, 1.165) is 25.9 Å². The third-order valence-corrected chi connectivity index (χ3v) is 3.08. The molecule has 0 atom stereocenters. The van der Waals surface area contributed by atoms with Gasteiger partial charge in [0, 0.05) is 13.1 Å². The van der Waals surface area contributed by atoms with Crippen LogP contribution in [0, 0.1) is 0 Å². The number of likely N-dealkylation sites (tertiary alicyclic amines) is 1. The zero-order valence-electron chi connectivity index (χ0n) is 10.1. The third-order valence-electron chi connectivity index (χ3n) is 3.08. The van der Waals surface area contributed by atoms with Crippen LogP contribution in [0.5, 0.6) is 0 Å². The van der Waals surface area contributed by atoms with Gasteiger partial charge < -0.3 is 26.2 Å². The minimum Gasteiger partial charge on any atom is -0.393 e. The van der Waals surface area contributed by atoms with Gasteiger partial charge >= 0.3 is 6.03 Å². The van der Waals surface area contributed by atoms with E-state index < -0.39 is 0 Å². The Morgan fingerprint density at radius 3 is 1.88 bits per heavy atom. The van der Waals surface area contributed by atoms with Crippen LogP contribution in [0.15, 0.2) is 0 Å². The summed E-state index contributed by atoms with van der Waals surface area (Å²) in [7, 11) is 0. The van der Waals surface area contributed by atoms with Crippen LogP contribution in [0.3, 0.4) is 0 Å². The number of nitrogens with zero attached hydrogens (tertiary/aromatic N) is 1. The molecule has 0 bridgehead atoms. The Labute approximate surface area is 102 Å². The van der Waals surface area contributed by atoms with E-state index in [-0.39, 0.29) is 18.2 Å². The van der Waals surface area contributed by atoms with Crippen molar-refractivity contribution in [1.82, 2.24) is 10.2 Å². The summed E-state index contributed by atoms with van der Waals surface area (Å²) in [5.74, 6) is 0. The van der Waals surface area contributed by atoms with Crippen molar-refractivity contribution in [3.63, 3.8) is 0 Å². The summed E-state index contributed by atoms with van der Waals surface area (Å²) in [5.41, 5.74) is 5.02. The van der Waals surface area contributed by atoms with Gasteiger partial charge in [0.25, 0.3) is 0 Å². The van der Waals surface area contributed by atoms with Crippen molar-refractivity contribution in [2.75, 3.05) is 26.2 Å². The van der Waals surface area contributed by atoms with Crippen LogP contribution in [0.4, 0.5) is 4.79 Å². The number of rotatable bonds is 0. The van der Waals surface area contributed by atoms with Crippen molar-refractivity contribution in [2.24, 2.45) is 5.73 Å². The van der Waals surface area contributed by atoms with Gasteiger partial charge in [-0.3, -0.25) is 0 Å². The van der Waals surface area contributed by atoms with Crippen LogP contribution in [0.25, 0.3) is 0 Å². The molecule has 2 aliphatic heterocycles. The molecule has 0 aromatic rings. The Kier molecular flexibility index (Phi) is 6.25. The normalized spacial score (nSPS) is 22.8. The number of nitrogens with one attached hydrogen (secondary N) is 1. The van der Waals surface area contributed by atoms with Crippen LogP contribution in [-0.2, 0) is 0 Å². The number of piperidine rings is 2. The number of carbonyl (C=O) groups is 1. The number of amides is 2. The molecule has 0 aliphatic carbocycles. The highest BCUT2D eigenvalue weighted by Gasteiger charge is 2.18. The average Bonchev–Trinajstić information content (AvgIpc) is 2.31. The van der Waals surface area contributed by atoms with Gasteiger partial charge in [-0.2, -0.15) is 0 Å². The maximum Gasteiger partial charge on any atom is 0.314 e. The largest absolute Gasteiger partial charge is 0.393 e. The number of nitrogens with two attached hydrogens (primary N) is 1. The topological polar surface area (TPSA) is 98.8 Å². The maximum absolute atomic E-state index is 10.5.